The van der Waals surface area contributed by atoms with Gasteiger partial charge >= 0.3 is 6.03 Å². The fourth-order valence-corrected chi connectivity index (χ4v) is 3.89. The Hall–Kier alpha value is -1.95. The molecule has 1 fully saturated rings. The van der Waals surface area contributed by atoms with Gasteiger partial charge in [0.15, 0.2) is 0 Å². The van der Waals surface area contributed by atoms with Crippen molar-refractivity contribution >= 4 is 30.0 Å². The van der Waals surface area contributed by atoms with Gasteiger partial charge in [0.05, 0.1) is 6.04 Å². The van der Waals surface area contributed by atoms with Crippen molar-refractivity contribution < 1.29 is 9.59 Å². The minimum absolute atomic E-state index is 0. The molecule has 1 aliphatic carbocycles. The van der Waals surface area contributed by atoms with Crippen LogP contribution in [0.1, 0.15) is 42.9 Å². The van der Waals surface area contributed by atoms with Gasteiger partial charge in [-0.05, 0) is 55.4 Å². The third-order valence-electron chi connectivity index (χ3n) is 5.32. The molecular weight excluding hydrogens is 352 g/mol. The summed E-state index contributed by atoms with van der Waals surface area (Å²) in [6.45, 7) is 1.29. The van der Waals surface area contributed by atoms with Gasteiger partial charge in [-0.1, -0.05) is 6.07 Å². The molecule has 0 aromatic heterocycles. The second kappa shape index (κ2) is 8.62. The van der Waals surface area contributed by atoms with Crippen molar-refractivity contribution in [1.82, 2.24) is 15.1 Å². The number of halogens is 1. The number of aryl methyl sites for hydroxylation is 1. The van der Waals surface area contributed by atoms with Gasteiger partial charge in [0.25, 0.3) is 0 Å². The SMILES string of the molecule is CN(C)C(=O)N1CCC(C(=O)NC2CCCc3cc(N)ccc32)CC1.Cl. The van der Waals surface area contributed by atoms with E-state index in [1.54, 1.807) is 19.0 Å². The number of nitrogens with one attached hydrogen (secondary N) is 1. The van der Waals surface area contributed by atoms with Crippen molar-refractivity contribution in [3.63, 3.8) is 0 Å². The number of anilines is 1. The molecule has 0 saturated carbocycles. The van der Waals surface area contributed by atoms with Crippen molar-refractivity contribution in [2.75, 3.05) is 32.9 Å². The number of hydrogen-bond acceptors (Lipinski definition) is 3. The molecule has 7 heteroatoms. The lowest BCUT2D eigenvalue weighted by atomic mass is 9.86. The molecule has 1 aliphatic heterocycles. The average molecular weight is 381 g/mol. The Balaban J connectivity index is 0.00000243. The summed E-state index contributed by atoms with van der Waals surface area (Å²) < 4.78 is 0. The lowest BCUT2D eigenvalue weighted by molar-refractivity contribution is -0.127. The van der Waals surface area contributed by atoms with Gasteiger partial charge in [-0.15, -0.1) is 12.4 Å². The zero-order valence-corrected chi connectivity index (χ0v) is 16.3. The lowest BCUT2D eigenvalue weighted by Gasteiger charge is -2.34. The van der Waals surface area contributed by atoms with E-state index in [2.05, 4.69) is 5.32 Å². The Morgan fingerprint density at radius 2 is 1.88 bits per heavy atom. The molecule has 3 amide bonds. The number of fused-ring (bicyclic) bond motifs is 1. The number of nitrogen functional groups attached to an aromatic ring is 1. The summed E-state index contributed by atoms with van der Waals surface area (Å²) in [5.74, 6) is 0.108. The van der Waals surface area contributed by atoms with E-state index in [4.69, 9.17) is 5.73 Å². The van der Waals surface area contributed by atoms with Crippen molar-refractivity contribution in [2.45, 2.75) is 38.1 Å². The molecule has 1 aromatic rings. The van der Waals surface area contributed by atoms with Crippen LogP contribution in [0.25, 0.3) is 0 Å². The largest absolute Gasteiger partial charge is 0.399 e. The highest BCUT2D eigenvalue weighted by atomic mass is 35.5. The number of benzene rings is 1. The first-order chi connectivity index (χ1) is 12.0. The van der Waals surface area contributed by atoms with Crippen molar-refractivity contribution in [2.24, 2.45) is 5.92 Å². The summed E-state index contributed by atoms with van der Waals surface area (Å²) in [4.78, 5) is 28.1. The molecule has 1 aromatic carbocycles. The topological polar surface area (TPSA) is 78.7 Å². The predicted molar refractivity (Wildman–Crippen MR) is 105 cm³/mol. The average Bonchev–Trinajstić information content (AvgIpc) is 2.61. The van der Waals surface area contributed by atoms with E-state index in [1.165, 1.54) is 11.1 Å². The monoisotopic (exact) mass is 380 g/mol. The predicted octanol–water partition coefficient (Wildman–Crippen LogP) is 2.58. The van der Waals surface area contributed by atoms with Crippen LogP contribution >= 0.6 is 12.4 Å². The summed E-state index contributed by atoms with van der Waals surface area (Å²) in [6.07, 6.45) is 4.52. The molecule has 0 radical (unpaired) electrons. The minimum atomic E-state index is -0.00892. The highest BCUT2D eigenvalue weighted by Crippen LogP contribution is 2.31. The summed E-state index contributed by atoms with van der Waals surface area (Å²) in [7, 11) is 3.52. The number of urea groups is 1. The van der Waals surface area contributed by atoms with Gasteiger partial charge < -0.3 is 20.9 Å². The third kappa shape index (κ3) is 4.41. The lowest BCUT2D eigenvalue weighted by Crippen LogP contribution is -2.47. The third-order valence-corrected chi connectivity index (χ3v) is 5.32. The number of likely N-dealkylation sites (tertiary alicyclic amines) is 1. The number of piperidine rings is 1. The van der Waals surface area contributed by atoms with Gasteiger partial charge in [0.1, 0.15) is 0 Å². The molecule has 3 N–H and O–H groups in total. The molecule has 1 atom stereocenters. The Morgan fingerprint density at radius 3 is 2.54 bits per heavy atom. The van der Waals surface area contributed by atoms with E-state index >= 15 is 0 Å². The number of amides is 3. The van der Waals surface area contributed by atoms with E-state index in [0.717, 1.165) is 37.8 Å². The first kappa shape index (κ1) is 20.4. The summed E-state index contributed by atoms with van der Waals surface area (Å²) in [5.41, 5.74) is 9.12. The number of nitrogens with two attached hydrogens (primary N) is 1. The number of carbonyl (C=O) groups excluding carboxylic acids is 2. The van der Waals surface area contributed by atoms with Crippen LogP contribution in [0.5, 0.6) is 0 Å². The molecule has 26 heavy (non-hydrogen) atoms. The van der Waals surface area contributed by atoms with E-state index < -0.39 is 0 Å². The number of hydrogen-bond donors (Lipinski definition) is 2. The highest BCUT2D eigenvalue weighted by molar-refractivity contribution is 5.85. The molecule has 0 spiro atoms. The summed E-state index contributed by atoms with van der Waals surface area (Å²) in [5, 5.41) is 3.24. The van der Waals surface area contributed by atoms with E-state index in [1.807, 2.05) is 23.1 Å². The second-order valence-electron chi connectivity index (χ2n) is 7.35. The molecule has 144 valence electrons. The molecule has 1 heterocycles. The van der Waals surface area contributed by atoms with Crippen LogP contribution in [0.4, 0.5) is 10.5 Å². The maximum atomic E-state index is 12.7. The molecule has 1 unspecified atom stereocenters. The zero-order valence-electron chi connectivity index (χ0n) is 15.5. The van der Waals surface area contributed by atoms with Crippen LogP contribution in [-0.2, 0) is 11.2 Å². The van der Waals surface area contributed by atoms with Gasteiger partial charge in [-0.3, -0.25) is 4.79 Å². The molecule has 3 rings (SSSR count). The Bertz CT molecular complexity index is 657. The quantitative estimate of drug-likeness (QED) is 0.774. The Morgan fingerprint density at radius 1 is 1.19 bits per heavy atom. The van der Waals surface area contributed by atoms with Crippen LogP contribution < -0.4 is 11.1 Å². The normalized spacial score (nSPS) is 19.9. The first-order valence-electron chi connectivity index (χ1n) is 9.10. The van der Waals surface area contributed by atoms with Crippen molar-refractivity contribution in [3.8, 4) is 0 Å². The van der Waals surface area contributed by atoms with E-state index in [0.29, 0.717) is 13.1 Å². The van der Waals surface area contributed by atoms with Crippen LogP contribution in [-0.4, -0.2) is 48.9 Å². The van der Waals surface area contributed by atoms with Crippen LogP contribution in [0, 0.1) is 5.92 Å². The maximum Gasteiger partial charge on any atom is 0.319 e. The number of nitrogens with zero attached hydrogens (tertiary/aromatic N) is 2. The Kier molecular flexibility index (Phi) is 6.75. The van der Waals surface area contributed by atoms with Crippen LogP contribution in [0.2, 0.25) is 0 Å². The van der Waals surface area contributed by atoms with Gasteiger partial charge in [0, 0.05) is 38.8 Å². The fraction of sp³-hybridized carbons (Fsp3) is 0.579. The van der Waals surface area contributed by atoms with Gasteiger partial charge in [-0.25, -0.2) is 4.79 Å². The number of carbonyl (C=O) groups is 2. The first-order valence-corrected chi connectivity index (χ1v) is 9.10. The second-order valence-corrected chi connectivity index (χ2v) is 7.35. The molecular formula is C19H29ClN4O2. The smallest absolute Gasteiger partial charge is 0.319 e. The Labute approximate surface area is 161 Å². The zero-order chi connectivity index (χ0) is 18.0. The van der Waals surface area contributed by atoms with Crippen LogP contribution in [0.3, 0.4) is 0 Å². The molecule has 6 nitrogen and oxygen atoms in total. The summed E-state index contributed by atoms with van der Waals surface area (Å²) >= 11 is 0. The van der Waals surface area contributed by atoms with Gasteiger partial charge in [-0.2, -0.15) is 0 Å². The van der Waals surface area contributed by atoms with Crippen molar-refractivity contribution in [3.05, 3.63) is 29.3 Å². The van der Waals surface area contributed by atoms with Crippen molar-refractivity contribution in [1.29, 1.82) is 0 Å². The molecule has 1 saturated heterocycles. The maximum absolute atomic E-state index is 12.7. The van der Waals surface area contributed by atoms with E-state index in [-0.39, 0.29) is 36.3 Å². The van der Waals surface area contributed by atoms with E-state index in [9.17, 15) is 9.59 Å². The van der Waals surface area contributed by atoms with Gasteiger partial charge in [0.2, 0.25) is 5.91 Å². The number of rotatable bonds is 2. The standard InChI is InChI=1S/C19H28N4O2.ClH/c1-22(2)19(25)23-10-8-13(9-11-23)18(24)21-17-5-3-4-14-12-15(20)6-7-16(14)17;/h6-7,12-13,17H,3-5,8-11,20H2,1-2H3,(H,21,24);1H. The van der Waals surface area contributed by atoms with Crippen LogP contribution in [0.15, 0.2) is 18.2 Å². The fourth-order valence-electron chi connectivity index (χ4n) is 3.89. The highest BCUT2D eigenvalue weighted by Gasteiger charge is 2.30. The minimum Gasteiger partial charge on any atom is -0.399 e. The molecule has 0 bridgehead atoms. The molecule has 2 aliphatic rings. The summed E-state index contributed by atoms with van der Waals surface area (Å²) in [6, 6.07) is 6.09.